The van der Waals surface area contributed by atoms with E-state index in [9.17, 15) is 13.2 Å². The van der Waals surface area contributed by atoms with Crippen LogP contribution in [0.25, 0.3) is 0 Å². The molecule has 1 aromatic heterocycles. The molecule has 0 bridgehead atoms. The molecule has 0 radical (unpaired) electrons. The minimum absolute atomic E-state index is 0.00820. The molecule has 0 fully saturated rings. The van der Waals surface area contributed by atoms with Crippen LogP contribution >= 0.6 is 0 Å². The average Bonchev–Trinajstić information content (AvgIpc) is 2.37. The van der Waals surface area contributed by atoms with Crippen LogP contribution < -0.4 is 5.32 Å². The lowest BCUT2D eigenvalue weighted by molar-refractivity contribution is -0.138. The van der Waals surface area contributed by atoms with Crippen LogP contribution in [0.5, 0.6) is 0 Å². The van der Waals surface area contributed by atoms with Crippen molar-refractivity contribution in [1.82, 2.24) is 10.3 Å². The zero-order valence-electron chi connectivity index (χ0n) is 10.9. The van der Waals surface area contributed by atoms with E-state index in [-0.39, 0.29) is 24.8 Å². The number of halogens is 3. The summed E-state index contributed by atoms with van der Waals surface area (Å²) in [5, 5.41) is 11.8. The molecule has 1 unspecified atom stereocenters. The van der Waals surface area contributed by atoms with Gasteiger partial charge in [0.05, 0.1) is 11.3 Å². The summed E-state index contributed by atoms with van der Waals surface area (Å²) in [5.41, 5.74) is -0.688. The number of hydrogen-bond acceptors (Lipinski definition) is 3. The number of hydrogen-bond donors (Lipinski definition) is 2. The lowest BCUT2D eigenvalue weighted by atomic mass is 10.0. The van der Waals surface area contributed by atoms with Gasteiger partial charge in [-0.05, 0) is 31.0 Å². The molecule has 1 rings (SSSR count). The number of pyridine rings is 1. The Morgan fingerprint density at radius 3 is 2.74 bits per heavy atom. The standard InChI is InChI=1S/C13H19F3N2O/c1-2-10(5-7-19)8-17-9-12-11(13(14,15)16)4-3-6-18-12/h3-4,6,10,17,19H,2,5,7-9H2,1H3. The quantitative estimate of drug-likeness (QED) is 0.804. The van der Waals surface area contributed by atoms with Crippen LogP contribution in [-0.2, 0) is 12.7 Å². The first-order valence-electron chi connectivity index (χ1n) is 6.31. The number of aliphatic hydroxyl groups is 1. The minimum Gasteiger partial charge on any atom is -0.396 e. The first kappa shape index (κ1) is 15.9. The summed E-state index contributed by atoms with van der Waals surface area (Å²) in [6.45, 7) is 2.74. The average molecular weight is 276 g/mol. The molecule has 0 aliphatic rings. The fourth-order valence-corrected chi connectivity index (χ4v) is 1.86. The molecule has 0 saturated heterocycles. The SMILES string of the molecule is CCC(CCO)CNCc1ncccc1C(F)(F)F. The molecule has 108 valence electrons. The monoisotopic (exact) mass is 276 g/mol. The van der Waals surface area contributed by atoms with Crippen molar-refractivity contribution in [2.75, 3.05) is 13.2 Å². The Hall–Kier alpha value is -1.14. The normalized spacial score (nSPS) is 13.5. The Bertz CT molecular complexity index is 382. The molecule has 0 spiro atoms. The van der Waals surface area contributed by atoms with Gasteiger partial charge in [0.25, 0.3) is 0 Å². The van der Waals surface area contributed by atoms with Gasteiger partial charge in [0.15, 0.2) is 0 Å². The van der Waals surface area contributed by atoms with E-state index in [2.05, 4.69) is 10.3 Å². The summed E-state index contributed by atoms with van der Waals surface area (Å²) in [6.07, 6.45) is -1.49. The smallest absolute Gasteiger partial charge is 0.396 e. The predicted octanol–water partition coefficient (Wildman–Crippen LogP) is 2.60. The van der Waals surface area contributed by atoms with Gasteiger partial charge in [-0.15, -0.1) is 0 Å². The van der Waals surface area contributed by atoms with Gasteiger partial charge in [0.2, 0.25) is 0 Å². The third-order valence-electron chi connectivity index (χ3n) is 3.04. The molecule has 0 saturated carbocycles. The maximum absolute atomic E-state index is 12.7. The fourth-order valence-electron chi connectivity index (χ4n) is 1.86. The Labute approximate surface area is 110 Å². The van der Waals surface area contributed by atoms with E-state index in [0.717, 1.165) is 12.5 Å². The summed E-state index contributed by atoms with van der Waals surface area (Å²) in [4.78, 5) is 3.78. The van der Waals surface area contributed by atoms with Gasteiger partial charge < -0.3 is 10.4 Å². The topological polar surface area (TPSA) is 45.1 Å². The first-order chi connectivity index (χ1) is 8.99. The molecule has 0 aromatic carbocycles. The van der Waals surface area contributed by atoms with Crippen molar-refractivity contribution < 1.29 is 18.3 Å². The molecular weight excluding hydrogens is 257 g/mol. The van der Waals surface area contributed by atoms with E-state index >= 15 is 0 Å². The zero-order valence-corrected chi connectivity index (χ0v) is 10.9. The van der Waals surface area contributed by atoms with Gasteiger partial charge in [-0.3, -0.25) is 4.98 Å². The highest BCUT2D eigenvalue weighted by Gasteiger charge is 2.33. The zero-order chi connectivity index (χ0) is 14.3. The van der Waals surface area contributed by atoms with Crippen LogP contribution in [0.3, 0.4) is 0 Å². The van der Waals surface area contributed by atoms with Crippen LogP contribution in [-0.4, -0.2) is 23.2 Å². The highest BCUT2D eigenvalue weighted by atomic mass is 19.4. The van der Waals surface area contributed by atoms with Gasteiger partial charge in [0, 0.05) is 19.3 Å². The van der Waals surface area contributed by atoms with Crippen LogP contribution in [0.2, 0.25) is 0 Å². The van der Waals surface area contributed by atoms with E-state index < -0.39 is 11.7 Å². The van der Waals surface area contributed by atoms with Gasteiger partial charge in [-0.2, -0.15) is 13.2 Å². The van der Waals surface area contributed by atoms with Crippen LogP contribution in [0.15, 0.2) is 18.3 Å². The number of nitrogens with one attached hydrogen (secondary N) is 1. The minimum atomic E-state index is -4.37. The van der Waals surface area contributed by atoms with Crippen molar-refractivity contribution in [3.63, 3.8) is 0 Å². The Balaban J connectivity index is 2.58. The second-order valence-electron chi connectivity index (χ2n) is 4.41. The van der Waals surface area contributed by atoms with Crippen molar-refractivity contribution in [2.24, 2.45) is 5.92 Å². The third-order valence-corrected chi connectivity index (χ3v) is 3.04. The maximum atomic E-state index is 12.7. The molecule has 0 amide bonds. The van der Waals surface area contributed by atoms with Gasteiger partial charge in [0.1, 0.15) is 0 Å². The highest BCUT2D eigenvalue weighted by molar-refractivity contribution is 5.22. The van der Waals surface area contributed by atoms with Crippen molar-refractivity contribution in [2.45, 2.75) is 32.5 Å². The molecule has 2 N–H and O–H groups in total. The summed E-state index contributed by atoms with van der Waals surface area (Å²) >= 11 is 0. The third kappa shape index (κ3) is 5.16. The Kier molecular flexibility index (Phi) is 6.24. The molecule has 1 heterocycles. The lowest BCUT2D eigenvalue weighted by Crippen LogP contribution is -2.25. The summed E-state index contributed by atoms with van der Waals surface area (Å²) in [7, 11) is 0. The second-order valence-corrected chi connectivity index (χ2v) is 4.41. The summed E-state index contributed by atoms with van der Waals surface area (Å²) < 4.78 is 38.2. The fraction of sp³-hybridized carbons (Fsp3) is 0.615. The van der Waals surface area contributed by atoms with E-state index in [1.165, 1.54) is 12.3 Å². The number of aromatic nitrogens is 1. The van der Waals surface area contributed by atoms with Crippen molar-refractivity contribution in [1.29, 1.82) is 0 Å². The number of aliphatic hydroxyl groups excluding tert-OH is 1. The molecular formula is C13H19F3N2O. The van der Waals surface area contributed by atoms with E-state index in [4.69, 9.17) is 5.11 Å². The van der Waals surface area contributed by atoms with Crippen LogP contribution in [0.4, 0.5) is 13.2 Å². The van der Waals surface area contributed by atoms with Crippen LogP contribution in [0.1, 0.15) is 31.0 Å². The summed E-state index contributed by atoms with van der Waals surface area (Å²) in [5.74, 6) is 0.267. The molecule has 3 nitrogen and oxygen atoms in total. The van der Waals surface area contributed by atoms with Crippen molar-refractivity contribution >= 4 is 0 Å². The molecule has 1 aromatic rings. The largest absolute Gasteiger partial charge is 0.418 e. The molecule has 1 atom stereocenters. The van der Waals surface area contributed by atoms with Gasteiger partial charge in [-0.25, -0.2) is 0 Å². The van der Waals surface area contributed by atoms with Crippen LogP contribution in [0, 0.1) is 5.92 Å². The molecule has 6 heteroatoms. The van der Waals surface area contributed by atoms with Gasteiger partial charge >= 0.3 is 6.18 Å². The number of rotatable bonds is 7. The lowest BCUT2D eigenvalue weighted by Gasteiger charge is -2.16. The maximum Gasteiger partial charge on any atom is 0.418 e. The number of nitrogens with zero attached hydrogens (tertiary/aromatic N) is 1. The second kappa shape index (κ2) is 7.45. The van der Waals surface area contributed by atoms with E-state index in [1.54, 1.807) is 0 Å². The molecule has 19 heavy (non-hydrogen) atoms. The summed E-state index contributed by atoms with van der Waals surface area (Å²) in [6, 6.07) is 2.32. The van der Waals surface area contributed by atoms with Crippen molar-refractivity contribution in [3.8, 4) is 0 Å². The first-order valence-corrected chi connectivity index (χ1v) is 6.31. The molecule has 0 aliphatic carbocycles. The molecule has 0 aliphatic heterocycles. The van der Waals surface area contributed by atoms with E-state index in [1.807, 2.05) is 6.92 Å². The Morgan fingerprint density at radius 1 is 1.42 bits per heavy atom. The predicted molar refractivity (Wildman–Crippen MR) is 66.4 cm³/mol. The van der Waals surface area contributed by atoms with Gasteiger partial charge in [-0.1, -0.05) is 13.3 Å². The Morgan fingerprint density at radius 2 is 2.16 bits per heavy atom. The van der Waals surface area contributed by atoms with Crippen molar-refractivity contribution in [3.05, 3.63) is 29.6 Å². The number of alkyl halides is 3. The highest BCUT2D eigenvalue weighted by Crippen LogP contribution is 2.30. The van der Waals surface area contributed by atoms with E-state index in [0.29, 0.717) is 13.0 Å².